The van der Waals surface area contributed by atoms with Gasteiger partial charge in [-0.15, -0.1) is 0 Å². The van der Waals surface area contributed by atoms with Crippen molar-refractivity contribution in [1.82, 2.24) is 20.0 Å². The average Bonchev–Trinajstić information content (AvgIpc) is 3.37. The highest BCUT2D eigenvalue weighted by Crippen LogP contribution is 2.23. The molecule has 4 rings (SSSR count). The van der Waals surface area contributed by atoms with E-state index < -0.39 is 0 Å². The molecule has 0 saturated carbocycles. The molecule has 1 N–H and O–H groups in total. The van der Waals surface area contributed by atoms with Gasteiger partial charge in [-0.25, -0.2) is 4.68 Å². The first-order chi connectivity index (χ1) is 13.7. The van der Waals surface area contributed by atoms with Crippen molar-refractivity contribution in [2.45, 2.75) is 45.3 Å². The molecule has 28 heavy (non-hydrogen) atoms. The largest absolute Gasteiger partial charge is 0.350 e. The van der Waals surface area contributed by atoms with Gasteiger partial charge in [0.15, 0.2) is 0 Å². The molecule has 2 aliphatic rings. The number of benzene rings is 1. The van der Waals surface area contributed by atoms with Crippen LogP contribution < -0.4 is 10.2 Å². The fourth-order valence-corrected chi connectivity index (χ4v) is 4.16. The third kappa shape index (κ3) is 3.80. The smallest absolute Gasteiger partial charge is 0.251 e. The minimum Gasteiger partial charge on any atom is -0.350 e. The lowest BCUT2D eigenvalue weighted by atomic mass is 10.1. The second kappa shape index (κ2) is 8.14. The van der Waals surface area contributed by atoms with Gasteiger partial charge in [0.1, 0.15) is 5.82 Å². The molecular weight excluding hydrogens is 354 g/mol. The van der Waals surface area contributed by atoms with Crippen LogP contribution in [0.5, 0.6) is 0 Å². The number of nitrogens with one attached hydrogen (secondary N) is 1. The summed E-state index contributed by atoms with van der Waals surface area (Å²) in [4.78, 5) is 29.0. The molecule has 0 unspecified atom stereocenters. The van der Waals surface area contributed by atoms with Gasteiger partial charge in [0.05, 0.1) is 19.3 Å². The SMILES string of the molecule is CCN1CCC[C@H]1CNC(=O)c1ccc(CN2C(=O)CCn3nccc32)cc1. The summed E-state index contributed by atoms with van der Waals surface area (Å²) in [6.07, 6.45) is 4.54. The first kappa shape index (κ1) is 18.7. The highest BCUT2D eigenvalue weighted by atomic mass is 16.2. The van der Waals surface area contributed by atoms with Crippen LogP contribution in [0.25, 0.3) is 0 Å². The lowest BCUT2D eigenvalue weighted by Crippen LogP contribution is -2.40. The molecule has 1 aromatic carbocycles. The highest BCUT2D eigenvalue weighted by Gasteiger charge is 2.25. The zero-order valence-electron chi connectivity index (χ0n) is 16.3. The molecule has 0 spiro atoms. The average molecular weight is 381 g/mol. The summed E-state index contributed by atoms with van der Waals surface area (Å²) < 4.78 is 1.85. The van der Waals surface area contributed by atoms with Crippen molar-refractivity contribution in [2.24, 2.45) is 0 Å². The number of nitrogens with zero attached hydrogens (tertiary/aromatic N) is 4. The van der Waals surface area contributed by atoms with E-state index in [0.29, 0.717) is 37.7 Å². The number of anilines is 1. The summed E-state index contributed by atoms with van der Waals surface area (Å²) in [5, 5.41) is 7.32. The number of carbonyl (C=O) groups excluding carboxylic acids is 2. The maximum Gasteiger partial charge on any atom is 0.251 e. The van der Waals surface area contributed by atoms with Crippen molar-refractivity contribution in [1.29, 1.82) is 0 Å². The Hall–Kier alpha value is -2.67. The van der Waals surface area contributed by atoms with Crippen LogP contribution in [0.4, 0.5) is 5.82 Å². The van der Waals surface area contributed by atoms with Crippen LogP contribution in [-0.2, 0) is 17.9 Å². The van der Waals surface area contributed by atoms with E-state index in [-0.39, 0.29) is 11.8 Å². The summed E-state index contributed by atoms with van der Waals surface area (Å²) in [5.41, 5.74) is 1.65. The van der Waals surface area contributed by atoms with E-state index in [1.807, 2.05) is 35.0 Å². The molecule has 0 aliphatic carbocycles. The van der Waals surface area contributed by atoms with Gasteiger partial charge in [0.25, 0.3) is 5.91 Å². The topological polar surface area (TPSA) is 70.5 Å². The molecule has 2 aromatic rings. The Bertz CT molecular complexity index is 845. The Morgan fingerprint density at radius 1 is 1.21 bits per heavy atom. The third-order valence-electron chi connectivity index (χ3n) is 5.77. The summed E-state index contributed by atoms with van der Waals surface area (Å²) in [6, 6.07) is 9.83. The quantitative estimate of drug-likeness (QED) is 0.831. The van der Waals surface area contributed by atoms with Crippen LogP contribution in [0.15, 0.2) is 36.5 Å². The summed E-state index contributed by atoms with van der Waals surface area (Å²) in [5.74, 6) is 0.892. The molecule has 7 heteroatoms. The first-order valence-corrected chi connectivity index (χ1v) is 10.1. The van der Waals surface area contributed by atoms with Gasteiger partial charge < -0.3 is 5.32 Å². The standard InChI is InChI=1S/C21H27N5O2/c1-2-24-12-3-4-18(24)14-22-21(28)17-7-5-16(6-8-17)15-25-19-9-11-23-26(19)13-10-20(25)27/h5-9,11,18H,2-4,10,12-15H2,1H3,(H,22,28)/t18-/m0/s1. The maximum absolute atomic E-state index is 12.5. The lowest BCUT2D eigenvalue weighted by molar-refractivity contribution is -0.119. The Balaban J connectivity index is 1.36. The van der Waals surface area contributed by atoms with Crippen molar-refractivity contribution in [2.75, 3.05) is 24.5 Å². The van der Waals surface area contributed by atoms with E-state index in [1.54, 1.807) is 11.1 Å². The van der Waals surface area contributed by atoms with Crippen molar-refractivity contribution < 1.29 is 9.59 Å². The number of carbonyl (C=O) groups is 2. The van der Waals surface area contributed by atoms with Gasteiger partial charge in [0, 0.05) is 30.6 Å². The van der Waals surface area contributed by atoms with Gasteiger partial charge in [-0.05, 0) is 43.6 Å². The van der Waals surface area contributed by atoms with Crippen molar-refractivity contribution in [3.63, 3.8) is 0 Å². The van der Waals surface area contributed by atoms with E-state index in [1.165, 1.54) is 6.42 Å². The number of hydrogen-bond acceptors (Lipinski definition) is 4. The molecular formula is C21H27N5O2. The Labute approximate surface area is 165 Å². The predicted molar refractivity (Wildman–Crippen MR) is 107 cm³/mol. The van der Waals surface area contributed by atoms with E-state index in [2.05, 4.69) is 22.2 Å². The normalized spacial score (nSPS) is 19.7. The zero-order valence-corrected chi connectivity index (χ0v) is 16.3. The van der Waals surface area contributed by atoms with E-state index in [0.717, 1.165) is 30.9 Å². The molecule has 1 fully saturated rings. The van der Waals surface area contributed by atoms with Crippen LogP contribution in [0.2, 0.25) is 0 Å². The summed E-state index contributed by atoms with van der Waals surface area (Å²) >= 11 is 0. The summed E-state index contributed by atoms with van der Waals surface area (Å²) in [6.45, 7) is 6.13. The van der Waals surface area contributed by atoms with E-state index >= 15 is 0 Å². The molecule has 0 bridgehead atoms. The number of aryl methyl sites for hydroxylation is 1. The number of amides is 2. The minimum absolute atomic E-state index is 0.0402. The molecule has 148 valence electrons. The fourth-order valence-electron chi connectivity index (χ4n) is 4.16. The van der Waals surface area contributed by atoms with Crippen LogP contribution >= 0.6 is 0 Å². The number of likely N-dealkylation sites (tertiary alicyclic amines) is 1. The van der Waals surface area contributed by atoms with Gasteiger partial charge in [-0.2, -0.15) is 5.10 Å². The number of fused-ring (bicyclic) bond motifs is 1. The van der Waals surface area contributed by atoms with Crippen LogP contribution in [0, 0.1) is 0 Å². The third-order valence-corrected chi connectivity index (χ3v) is 5.77. The van der Waals surface area contributed by atoms with E-state index in [4.69, 9.17) is 0 Å². The number of aromatic nitrogens is 2. The minimum atomic E-state index is -0.0402. The number of hydrogen-bond donors (Lipinski definition) is 1. The Kier molecular flexibility index (Phi) is 5.43. The van der Waals surface area contributed by atoms with Crippen molar-refractivity contribution >= 4 is 17.6 Å². The van der Waals surface area contributed by atoms with Crippen LogP contribution in [-0.4, -0.2) is 52.2 Å². The highest BCUT2D eigenvalue weighted by molar-refractivity contribution is 5.95. The van der Waals surface area contributed by atoms with Crippen molar-refractivity contribution in [3.05, 3.63) is 47.7 Å². The molecule has 1 saturated heterocycles. The fraction of sp³-hybridized carbons (Fsp3) is 0.476. The summed E-state index contributed by atoms with van der Waals surface area (Å²) in [7, 11) is 0. The Morgan fingerprint density at radius 3 is 2.82 bits per heavy atom. The molecule has 1 atom stereocenters. The predicted octanol–water partition coefficient (Wildman–Crippen LogP) is 2.03. The second-order valence-electron chi connectivity index (χ2n) is 7.47. The van der Waals surface area contributed by atoms with Gasteiger partial charge in [0.2, 0.25) is 5.91 Å². The lowest BCUT2D eigenvalue weighted by Gasteiger charge is -2.27. The number of rotatable bonds is 6. The Morgan fingerprint density at radius 2 is 2.04 bits per heavy atom. The molecule has 2 aliphatic heterocycles. The van der Waals surface area contributed by atoms with Crippen LogP contribution in [0.1, 0.15) is 42.1 Å². The molecule has 2 amide bonds. The molecule has 3 heterocycles. The first-order valence-electron chi connectivity index (χ1n) is 10.1. The molecule has 0 radical (unpaired) electrons. The number of likely N-dealkylation sites (N-methyl/N-ethyl adjacent to an activating group) is 1. The van der Waals surface area contributed by atoms with Crippen molar-refractivity contribution in [3.8, 4) is 0 Å². The molecule has 1 aromatic heterocycles. The van der Waals surface area contributed by atoms with Crippen LogP contribution in [0.3, 0.4) is 0 Å². The van der Waals surface area contributed by atoms with Gasteiger partial charge in [-0.1, -0.05) is 19.1 Å². The molecule has 7 nitrogen and oxygen atoms in total. The zero-order chi connectivity index (χ0) is 19.5. The second-order valence-corrected chi connectivity index (χ2v) is 7.47. The van der Waals surface area contributed by atoms with Gasteiger partial charge >= 0.3 is 0 Å². The van der Waals surface area contributed by atoms with E-state index in [9.17, 15) is 9.59 Å². The monoisotopic (exact) mass is 381 g/mol. The maximum atomic E-state index is 12.5. The van der Waals surface area contributed by atoms with Gasteiger partial charge in [-0.3, -0.25) is 19.4 Å².